The Labute approximate surface area is 232 Å². The van der Waals surface area contributed by atoms with Crippen LogP contribution in [0.1, 0.15) is 115 Å². The fraction of sp³-hybridized carbons (Fsp3) is 0.667. The Morgan fingerprint density at radius 3 is 2.21 bits per heavy atom. The van der Waals surface area contributed by atoms with E-state index in [0.29, 0.717) is 17.0 Å². The van der Waals surface area contributed by atoms with E-state index in [2.05, 4.69) is 34.6 Å². The first kappa shape index (κ1) is 28.1. The number of aliphatic hydroxyl groups is 1. The van der Waals surface area contributed by atoms with Crippen molar-refractivity contribution in [1.29, 1.82) is 0 Å². The van der Waals surface area contributed by atoms with E-state index in [-0.39, 0.29) is 45.5 Å². The van der Waals surface area contributed by atoms with Gasteiger partial charge in [0.05, 0.1) is 0 Å². The first-order valence-corrected chi connectivity index (χ1v) is 14.5. The van der Waals surface area contributed by atoms with Crippen LogP contribution < -0.4 is 9.47 Å². The van der Waals surface area contributed by atoms with Gasteiger partial charge in [-0.2, -0.15) is 0 Å². The molecule has 0 amide bonds. The maximum atomic E-state index is 13.9. The van der Waals surface area contributed by atoms with E-state index in [1.807, 2.05) is 6.08 Å². The average molecular weight is 537 g/mol. The molecular weight excluding hydrogens is 492 g/mol. The molecule has 0 saturated heterocycles. The minimum absolute atomic E-state index is 0.0224. The van der Waals surface area contributed by atoms with Crippen LogP contribution in [-0.2, 0) is 15.0 Å². The monoisotopic (exact) mass is 536 g/mol. The predicted octanol–water partition coefficient (Wildman–Crippen LogP) is 6.63. The quantitative estimate of drug-likeness (QED) is 0.344. The molecule has 0 aliphatic heterocycles. The lowest BCUT2D eigenvalue weighted by Gasteiger charge is -2.70. The maximum absolute atomic E-state index is 13.9. The molecule has 0 aromatic heterocycles. The van der Waals surface area contributed by atoms with Crippen molar-refractivity contribution < 1.29 is 29.0 Å². The molecule has 3 saturated carbocycles. The Morgan fingerprint density at radius 1 is 0.949 bits per heavy atom. The van der Waals surface area contributed by atoms with Gasteiger partial charge < -0.3 is 14.6 Å². The third kappa shape index (κ3) is 3.88. The second kappa shape index (κ2) is 8.76. The van der Waals surface area contributed by atoms with Crippen molar-refractivity contribution in [3.05, 3.63) is 34.4 Å². The highest BCUT2D eigenvalue weighted by Gasteiger charge is 2.66. The standard InChI is InChI=1S/C33H44O6/c1-19-27-22(15-24(38-20(2)35)28(19)39-21(3)36)31(6)12-14-33(8)26-17-29(4,18-34)9-10-30(26,5)11-13-32(33,7)25(31)16-23(27)37/h15-16,26,34H,9-14,17-18H2,1-8H3/t26-,29-,30-,31+,32-,33+/m1/s1. The summed E-state index contributed by atoms with van der Waals surface area (Å²) in [6.07, 6.45) is 9.04. The number of carbonyl (C=O) groups excluding carboxylic acids is 3. The van der Waals surface area contributed by atoms with Crippen LogP contribution in [0.5, 0.6) is 11.5 Å². The number of fused-ring (bicyclic) bond motifs is 7. The van der Waals surface area contributed by atoms with Crippen molar-refractivity contribution in [2.45, 2.75) is 106 Å². The van der Waals surface area contributed by atoms with Gasteiger partial charge in [0.2, 0.25) is 0 Å². The van der Waals surface area contributed by atoms with Crippen molar-refractivity contribution in [3.8, 4) is 11.5 Å². The normalized spacial score (nSPS) is 38.9. The van der Waals surface area contributed by atoms with E-state index in [4.69, 9.17) is 9.47 Å². The smallest absolute Gasteiger partial charge is 0.308 e. The molecule has 5 rings (SSSR count). The van der Waals surface area contributed by atoms with Crippen molar-refractivity contribution >= 4 is 17.7 Å². The number of benzene rings is 1. The summed E-state index contributed by atoms with van der Waals surface area (Å²) < 4.78 is 11.0. The van der Waals surface area contributed by atoms with Gasteiger partial charge in [-0.1, -0.05) is 34.6 Å². The SMILES string of the molecule is CC(=O)Oc1cc2c(c(C)c1OC(C)=O)C(=O)C=C1[C@@]2(C)CC[C@@]2(C)[C@@H]3C[C@](C)(CO)CC[C@]3(C)CC[C@]12C. The molecule has 6 atom stereocenters. The Bertz CT molecular complexity index is 1310. The maximum Gasteiger partial charge on any atom is 0.308 e. The Morgan fingerprint density at radius 2 is 1.59 bits per heavy atom. The molecule has 0 spiro atoms. The number of carbonyl (C=O) groups is 3. The van der Waals surface area contributed by atoms with Gasteiger partial charge in [-0.15, -0.1) is 0 Å². The van der Waals surface area contributed by atoms with Gasteiger partial charge in [0.15, 0.2) is 17.3 Å². The van der Waals surface area contributed by atoms with Crippen molar-refractivity contribution in [2.75, 3.05) is 6.61 Å². The van der Waals surface area contributed by atoms with Crippen LogP contribution >= 0.6 is 0 Å². The fourth-order valence-electron chi connectivity index (χ4n) is 9.22. The van der Waals surface area contributed by atoms with E-state index in [9.17, 15) is 19.5 Å². The largest absolute Gasteiger partial charge is 0.423 e. The summed E-state index contributed by atoms with van der Waals surface area (Å²) in [5.41, 5.74) is 2.62. The summed E-state index contributed by atoms with van der Waals surface area (Å²) in [7, 11) is 0. The van der Waals surface area contributed by atoms with Crippen LogP contribution in [0.25, 0.3) is 0 Å². The highest BCUT2D eigenvalue weighted by molar-refractivity contribution is 6.10. The van der Waals surface area contributed by atoms with Gasteiger partial charge in [-0.3, -0.25) is 14.4 Å². The number of esters is 2. The molecule has 6 nitrogen and oxygen atoms in total. The summed E-state index contributed by atoms with van der Waals surface area (Å²) in [6.45, 7) is 16.3. The van der Waals surface area contributed by atoms with Crippen LogP contribution in [0.4, 0.5) is 0 Å². The average Bonchev–Trinajstić information content (AvgIpc) is 2.85. The Kier molecular flexibility index (Phi) is 6.31. The van der Waals surface area contributed by atoms with Crippen LogP contribution in [0.3, 0.4) is 0 Å². The molecule has 4 aliphatic rings. The number of ether oxygens (including phenoxy) is 2. The van der Waals surface area contributed by atoms with E-state index in [1.54, 1.807) is 13.0 Å². The van der Waals surface area contributed by atoms with Gasteiger partial charge in [0.1, 0.15) is 0 Å². The molecule has 212 valence electrons. The molecule has 1 aromatic rings. The number of hydrogen-bond donors (Lipinski definition) is 1. The topological polar surface area (TPSA) is 89.9 Å². The summed E-state index contributed by atoms with van der Waals surface area (Å²) in [5, 5.41) is 10.3. The first-order chi connectivity index (χ1) is 18.0. The van der Waals surface area contributed by atoms with Crippen molar-refractivity contribution in [2.24, 2.45) is 27.6 Å². The lowest BCUT2D eigenvalue weighted by Crippen LogP contribution is -2.62. The predicted molar refractivity (Wildman–Crippen MR) is 149 cm³/mol. The van der Waals surface area contributed by atoms with Gasteiger partial charge in [-0.05, 0) is 103 Å². The number of ketones is 1. The third-order valence-electron chi connectivity index (χ3n) is 11.9. The Balaban J connectivity index is 1.67. The minimum atomic E-state index is -0.536. The minimum Gasteiger partial charge on any atom is -0.423 e. The van der Waals surface area contributed by atoms with Crippen LogP contribution in [-0.4, -0.2) is 29.4 Å². The molecule has 0 heterocycles. The van der Waals surface area contributed by atoms with E-state index in [0.717, 1.165) is 50.5 Å². The zero-order valence-corrected chi connectivity index (χ0v) is 24.9. The highest BCUT2D eigenvalue weighted by atomic mass is 16.6. The number of allylic oxidation sites excluding steroid dienone is 2. The van der Waals surface area contributed by atoms with Crippen LogP contribution in [0.2, 0.25) is 0 Å². The second-order valence-electron chi connectivity index (χ2n) is 14.3. The molecule has 6 heteroatoms. The number of hydrogen-bond acceptors (Lipinski definition) is 6. The molecule has 0 radical (unpaired) electrons. The zero-order chi connectivity index (χ0) is 28.8. The lowest BCUT2D eigenvalue weighted by molar-refractivity contribution is -0.163. The molecule has 1 aromatic carbocycles. The van der Waals surface area contributed by atoms with Gasteiger partial charge >= 0.3 is 11.9 Å². The Hall–Kier alpha value is -2.47. The first-order valence-electron chi connectivity index (χ1n) is 14.5. The summed E-state index contributed by atoms with van der Waals surface area (Å²) in [6, 6.07) is 1.77. The van der Waals surface area contributed by atoms with Gasteiger partial charge in [-0.25, -0.2) is 0 Å². The molecular formula is C33H44O6. The van der Waals surface area contributed by atoms with Crippen LogP contribution in [0, 0.1) is 34.5 Å². The van der Waals surface area contributed by atoms with Crippen LogP contribution in [0.15, 0.2) is 17.7 Å². The van der Waals surface area contributed by atoms with Gasteiger partial charge in [0, 0.05) is 37.0 Å². The number of aliphatic hydroxyl groups excluding tert-OH is 1. The molecule has 4 aliphatic carbocycles. The fourth-order valence-corrected chi connectivity index (χ4v) is 9.22. The zero-order valence-electron chi connectivity index (χ0n) is 24.9. The molecule has 0 bridgehead atoms. The van der Waals surface area contributed by atoms with Gasteiger partial charge in [0.25, 0.3) is 0 Å². The number of rotatable bonds is 3. The summed E-state index contributed by atoms with van der Waals surface area (Å²) in [4.78, 5) is 37.9. The van der Waals surface area contributed by atoms with E-state index < -0.39 is 17.4 Å². The second-order valence-corrected chi connectivity index (χ2v) is 14.3. The van der Waals surface area contributed by atoms with Crippen molar-refractivity contribution in [3.63, 3.8) is 0 Å². The highest BCUT2D eigenvalue weighted by Crippen LogP contribution is 2.74. The van der Waals surface area contributed by atoms with E-state index in [1.165, 1.54) is 19.4 Å². The van der Waals surface area contributed by atoms with E-state index >= 15 is 0 Å². The molecule has 3 fully saturated rings. The summed E-state index contributed by atoms with van der Waals surface area (Å²) in [5.74, 6) is -0.363. The molecule has 0 unspecified atom stereocenters. The van der Waals surface area contributed by atoms with Crippen molar-refractivity contribution in [1.82, 2.24) is 0 Å². The molecule has 1 N–H and O–H groups in total. The summed E-state index contributed by atoms with van der Waals surface area (Å²) >= 11 is 0. The molecule has 39 heavy (non-hydrogen) atoms. The third-order valence-corrected chi connectivity index (χ3v) is 11.9. The lowest BCUT2D eigenvalue weighted by atomic mass is 9.34.